The SMILES string of the molecule is CC(=O)NCCc1csc(C2CCCN(C(=O)C3(c4ccccc4)CC3)C2)n1. The standard InChI is InChI=1S/C22H27N3O2S/c1-16(26)23-12-9-19-15-28-20(24-19)17-6-5-13-25(14-17)21(27)22(10-11-22)18-7-3-2-4-8-18/h2-4,7-8,15,17H,5-6,9-14H2,1H3,(H,23,26). The van der Waals surface area contributed by atoms with Crippen molar-refractivity contribution in [3.63, 3.8) is 0 Å². The van der Waals surface area contributed by atoms with Crippen LogP contribution in [0, 0.1) is 0 Å². The molecular weight excluding hydrogens is 370 g/mol. The molecule has 0 radical (unpaired) electrons. The van der Waals surface area contributed by atoms with Gasteiger partial charge in [-0.1, -0.05) is 30.3 Å². The van der Waals surface area contributed by atoms with Crippen molar-refractivity contribution in [3.05, 3.63) is 52.0 Å². The minimum absolute atomic E-state index is 0.00990. The fourth-order valence-corrected chi connectivity index (χ4v) is 5.15. The summed E-state index contributed by atoms with van der Waals surface area (Å²) in [6.45, 7) is 3.77. The van der Waals surface area contributed by atoms with E-state index in [2.05, 4.69) is 27.7 Å². The number of amides is 2. The highest BCUT2D eigenvalue weighted by atomic mass is 32.1. The molecule has 1 saturated carbocycles. The van der Waals surface area contributed by atoms with Gasteiger partial charge in [-0.2, -0.15) is 0 Å². The molecular formula is C22H27N3O2S. The van der Waals surface area contributed by atoms with Crippen LogP contribution in [0.1, 0.15) is 54.8 Å². The zero-order valence-electron chi connectivity index (χ0n) is 16.3. The lowest BCUT2D eigenvalue weighted by Crippen LogP contribution is -2.44. The normalized spacial score (nSPS) is 20.6. The summed E-state index contributed by atoms with van der Waals surface area (Å²) in [5.41, 5.74) is 1.91. The van der Waals surface area contributed by atoms with Crippen molar-refractivity contribution in [1.29, 1.82) is 0 Å². The van der Waals surface area contributed by atoms with Crippen molar-refractivity contribution in [1.82, 2.24) is 15.2 Å². The maximum atomic E-state index is 13.3. The highest BCUT2D eigenvalue weighted by Gasteiger charge is 2.53. The van der Waals surface area contributed by atoms with Gasteiger partial charge in [0.05, 0.1) is 16.1 Å². The molecule has 1 aromatic heterocycles. The summed E-state index contributed by atoms with van der Waals surface area (Å²) in [6, 6.07) is 10.2. The van der Waals surface area contributed by atoms with Crippen molar-refractivity contribution in [2.24, 2.45) is 0 Å². The van der Waals surface area contributed by atoms with Gasteiger partial charge in [0.15, 0.2) is 0 Å². The Bertz CT molecular complexity index is 844. The third-order valence-corrected chi connectivity index (χ3v) is 6.92. The first-order valence-electron chi connectivity index (χ1n) is 10.1. The number of carbonyl (C=O) groups excluding carboxylic acids is 2. The van der Waals surface area contributed by atoms with Gasteiger partial charge in [-0.3, -0.25) is 9.59 Å². The Balaban J connectivity index is 1.40. The first-order chi connectivity index (χ1) is 13.6. The van der Waals surface area contributed by atoms with Gasteiger partial charge in [0, 0.05) is 44.3 Å². The molecule has 4 rings (SSSR count). The fraction of sp³-hybridized carbons (Fsp3) is 0.500. The summed E-state index contributed by atoms with van der Waals surface area (Å²) in [5, 5.41) is 6.03. The molecule has 2 heterocycles. The van der Waals surface area contributed by atoms with E-state index < -0.39 is 0 Å². The van der Waals surface area contributed by atoms with Gasteiger partial charge in [0.1, 0.15) is 0 Å². The van der Waals surface area contributed by atoms with Gasteiger partial charge in [0.2, 0.25) is 11.8 Å². The monoisotopic (exact) mass is 397 g/mol. The average Bonchev–Trinajstić information content (AvgIpc) is 3.40. The van der Waals surface area contributed by atoms with Crippen molar-refractivity contribution < 1.29 is 9.59 Å². The van der Waals surface area contributed by atoms with Crippen molar-refractivity contribution >= 4 is 23.2 Å². The number of nitrogens with zero attached hydrogens (tertiary/aromatic N) is 2. The third kappa shape index (κ3) is 3.97. The van der Waals surface area contributed by atoms with E-state index in [0.29, 0.717) is 18.4 Å². The highest BCUT2D eigenvalue weighted by molar-refractivity contribution is 7.09. The number of rotatable bonds is 6. The van der Waals surface area contributed by atoms with E-state index in [0.717, 1.165) is 61.5 Å². The van der Waals surface area contributed by atoms with Crippen LogP contribution in [-0.2, 0) is 21.4 Å². The lowest BCUT2D eigenvalue weighted by atomic mass is 9.91. The second-order valence-electron chi connectivity index (χ2n) is 7.95. The van der Waals surface area contributed by atoms with Crippen LogP contribution in [0.15, 0.2) is 35.7 Å². The van der Waals surface area contributed by atoms with Crippen molar-refractivity contribution in [2.45, 2.75) is 50.4 Å². The first kappa shape index (κ1) is 19.1. The molecule has 28 heavy (non-hydrogen) atoms. The summed E-state index contributed by atoms with van der Waals surface area (Å²) in [7, 11) is 0. The molecule has 1 aromatic carbocycles. The van der Waals surface area contributed by atoms with E-state index in [-0.39, 0.29) is 11.3 Å². The van der Waals surface area contributed by atoms with Crippen LogP contribution in [0.5, 0.6) is 0 Å². The number of nitrogens with one attached hydrogen (secondary N) is 1. The number of thiazole rings is 1. The summed E-state index contributed by atoms with van der Waals surface area (Å²) >= 11 is 1.69. The van der Waals surface area contributed by atoms with Crippen LogP contribution in [0.2, 0.25) is 0 Å². The van der Waals surface area contributed by atoms with Gasteiger partial charge in [-0.25, -0.2) is 4.98 Å². The predicted molar refractivity (Wildman–Crippen MR) is 110 cm³/mol. The van der Waals surface area contributed by atoms with Crippen LogP contribution in [-0.4, -0.2) is 41.3 Å². The minimum atomic E-state index is -0.282. The zero-order chi connectivity index (χ0) is 19.6. The number of carbonyl (C=O) groups is 2. The molecule has 1 aliphatic carbocycles. The van der Waals surface area contributed by atoms with Gasteiger partial charge in [0.25, 0.3) is 0 Å². The Morgan fingerprint density at radius 3 is 2.79 bits per heavy atom. The minimum Gasteiger partial charge on any atom is -0.356 e. The Hall–Kier alpha value is -2.21. The molecule has 0 spiro atoms. The Labute approximate surface area is 170 Å². The van der Waals surface area contributed by atoms with Gasteiger partial charge in [-0.15, -0.1) is 11.3 Å². The largest absolute Gasteiger partial charge is 0.356 e. The van der Waals surface area contributed by atoms with Crippen LogP contribution in [0.3, 0.4) is 0 Å². The maximum Gasteiger partial charge on any atom is 0.233 e. The third-order valence-electron chi connectivity index (χ3n) is 5.87. The Morgan fingerprint density at radius 2 is 2.07 bits per heavy atom. The smallest absolute Gasteiger partial charge is 0.233 e. The van der Waals surface area contributed by atoms with Gasteiger partial charge >= 0.3 is 0 Å². The van der Waals surface area contributed by atoms with Gasteiger partial charge < -0.3 is 10.2 Å². The van der Waals surface area contributed by atoms with E-state index in [4.69, 9.17) is 4.98 Å². The Morgan fingerprint density at radius 1 is 1.29 bits per heavy atom. The van der Waals surface area contributed by atoms with E-state index in [1.165, 1.54) is 6.92 Å². The molecule has 1 N–H and O–H groups in total. The molecule has 2 aliphatic rings. The topological polar surface area (TPSA) is 62.3 Å². The van der Waals surface area contributed by atoms with Crippen LogP contribution in [0.25, 0.3) is 0 Å². The number of hydrogen-bond acceptors (Lipinski definition) is 4. The molecule has 1 atom stereocenters. The predicted octanol–water partition coefficient (Wildman–Crippen LogP) is 3.26. The van der Waals surface area contributed by atoms with Crippen LogP contribution in [0.4, 0.5) is 0 Å². The van der Waals surface area contributed by atoms with E-state index in [1.807, 2.05) is 18.2 Å². The first-order valence-corrected chi connectivity index (χ1v) is 11.0. The molecule has 2 fully saturated rings. The molecule has 1 saturated heterocycles. The van der Waals surface area contributed by atoms with E-state index in [1.54, 1.807) is 11.3 Å². The number of benzene rings is 1. The fourth-order valence-electron chi connectivity index (χ4n) is 4.17. The van der Waals surface area contributed by atoms with Gasteiger partial charge in [-0.05, 0) is 31.2 Å². The lowest BCUT2D eigenvalue weighted by Gasteiger charge is -2.34. The number of hydrogen-bond donors (Lipinski definition) is 1. The van der Waals surface area contributed by atoms with Crippen molar-refractivity contribution in [2.75, 3.05) is 19.6 Å². The summed E-state index contributed by atoms with van der Waals surface area (Å²) < 4.78 is 0. The van der Waals surface area contributed by atoms with E-state index >= 15 is 0 Å². The number of likely N-dealkylation sites (tertiary alicyclic amines) is 1. The molecule has 6 heteroatoms. The molecule has 1 unspecified atom stereocenters. The average molecular weight is 398 g/mol. The second kappa shape index (κ2) is 8.03. The molecule has 1 aliphatic heterocycles. The molecule has 0 bridgehead atoms. The van der Waals surface area contributed by atoms with E-state index in [9.17, 15) is 9.59 Å². The lowest BCUT2D eigenvalue weighted by molar-refractivity contribution is -0.135. The van der Waals surface area contributed by atoms with Crippen LogP contribution < -0.4 is 5.32 Å². The number of aromatic nitrogens is 1. The molecule has 148 valence electrons. The number of piperidine rings is 1. The highest BCUT2D eigenvalue weighted by Crippen LogP contribution is 2.50. The molecule has 5 nitrogen and oxygen atoms in total. The Kier molecular flexibility index (Phi) is 5.49. The maximum absolute atomic E-state index is 13.3. The summed E-state index contributed by atoms with van der Waals surface area (Å²) in [6.07, 6.45) is 4.79. The molecule has 2 aromatic rings. The zero-order valence-corrected chi connectivity index (χ0v) is 17.1. The molecule has 2 amide bonds. The summed E-state index contributed by atoms with van der Waals surface area (Å²) in [5.74, 6) is 0.610. The second-order valence-corrected chi connectivity index (χ2v) is 8.84. The quantitative estimate of drug-likeness (QED) is 0.814. The summed E-state index contributed by atoms with van der Waals surface area (Å²) in [4.78, 5) is 31.2. The van der Waals surface area contributed by atoms with Crippen LogP contribution >= 0.6 is 11.3 Å². The van der Waals surface area contributed by atoms with Crippen molar-refractivity contribution in [3.8, 4) is 0 Å².